The van der Waals surface area contributed by atoms with Crippen molar-refractivity contribution in [3.63, 3.8) is 0 Å². The molecule has 0 amide bonds. The van der Waals surface area contributed by atoms with Crippen LogP contribution in [-0.2, 0) is 20.8 Å². The Morgan fingerprint density at radius 1 is 1.27 bits per heavy atom. The first kappa shape index (κ1) is 19.3. The molecule has 7 nitrogen and oxygen atoms in total. The number of carbonyl (C=O) groups excluding carboxylic acids is 1. The van der Waals surface area contributed by atoms with Crippen LogP contribution in [0.4, 0.5) is 0 Å². The fourth-order valence-electron chi connectivity index (χ4n) is 3.74. The van der Waals surface area contributed by atoms with Crippen LogP contribution >= 0.6 is 0 Å². The Morgan fingerprint density at radius 2 is 2.04 bits per heavy atom. The third-order valence-electron chi connectivity index (χ3n) is 5.20. The van der Waals surface area contributed by atoms with Gasteiger partial charge in [0.1, 0.15) is 6.10 Å². The molecule has 1 aliphatic carbocycles. The van der Waals surface area contributed by atoms with Gasteiger partial charge in [0.25, 0.3) is 0 Å². The molecule has 1 saturated heterocycles. The number of esters is 1. The Hall–Kier alpha value is -1.47. The summed E-state index contributed by atoms with van der Waals surface area (Å²) in [5.41, 5.74) is 0. The summed E-state index contributed by atoms with van der Waals surface area (Å²) < 4.78 is 16.5. The molecule has 26 heavy (non-hydrogen) atoms. The van der Waals surface area contributed by atoms with Crippen LogP contribution in [0.15, 0.2) is 4.52 Å². The van der Waals surface area contributed by atoms with Gasteiger partial charge in [-0.1, -0.05) is 24.9 Å². The van der Waals surface area contributed by atoms with Crippen molar-refractivity contribution in [3.05, 3.63) is 11.7 Å². The van der Waals surface area contributed by atoms with Crippen molar-refractivity contribution in [3.8, 4) is 0 Å². The van der Waals surface area contributed by atoms with Crippen molar-refractivity contribution in [2.45, 2.75) is 76.9 Å². The van der Waals surface area contributed by atoms with Gasteiger partial charge in [0.15, 0.2) is 5.82 Å². The average molecular weight is 365 g/mol. The molecule has 0 spiro atoms. The quantitative estimate of drug-likeness (QED) is 0.655. The molecule has 1 aliphatic heterocycles. The van der Waals surface area contributed by atoms with Crippen molar-refractivity contribution in [1.29, 1.82) is 0 Å². The monoisotopic (exact) mass is 365 g/mol. The van der Waals surface area contributed by atoms with Crippen LogP contribution in [0.2, 0.25) is 0 Å². The van der Waals surface area contributed by atoms with Crippen LogP contribution in [0.25, 0.3) is 0 Å². The van der Waals surface area contributed by atoms with Crippen LogP contribution in [0.5, 0.6) is 0 Å². The van der Waals surface area contributed by atoms with Crippen molar-refractivity contribution in [1.82, 2.24) is 15.0 Å². The van der Waals surface area contributed by atoms with Gasteiger partial charge in [-0.15, -0.1) is 0 Å². The molecule has 1 atom stereocenters. The van der Waals surface area contributed by atoms with E-state index in [9.17, 15) is 4.79 Å². The second kappa shape index (κ2) is 10.0. The van der Waals surface area contributed by atoms with E-state index < -0.39 is 0 Å². The third kappa shape index (κ3) is 5.77. The van der Waals surface area contributed by atoms with Crippen molar-refractivity contribution in [2.24, 2.45) is 0 Å². The van der Waals surface area contributed by atoms with Gasteiger partial charge in [-0.2, -0.15) is 4.98 Å². The van der Waals surface area contributed by atoms with Gasteiger partial charge in [-0.05, 0) is 32.1 Å². The van der Waals surface area contributed by atoms with Gasteiger partial charge >= 0.3 is 5.97 Å². The molecule has 1 saturated carbocycles. The largest absolute Gasteiger partial charge is 0.462 e. The predicted molar refractivity (Wildman–Crippen MR) is 95.6 cm³/mol. The molecule has 3 rings (SSSR count). The summed E-state index contributed by atoms with van der Waals surface area (Å²) in [6.07, 6.45) is 7.78. The first-order valence-corrected chi connectivity index (χ1v) is 10.1. The van der Waals surface area contributed by atoms with E-state index in [1.807, 2.05) is 0 Å². The van der Waals surface area contributed by atoms with Gasteiger partial charge in [-0.3, -0.25) is 9.69 Å². The van der Waals surface area contributed by atoms with E-state index in [1.54, 1.807) is 0 Å². The lowest BCUT2D eigenvalue weighted by atomic mass is 9.97. The van der Waals surface area contributed by atoms with Crippen molar-refractivity contribution < 1.29 is 18.8 Å². The number of aromatic nitrogens is 2. The number of hydrogen-bond donors (Lipinski definition) is 0. The number of rotatable bonds is 8. The summed E-state index contributed by atoms with van der Waals surface area (Å²) in [5, 5.41) is 4.12. The first-order valence-electron chi connectivity index (χ1n) is 10.1. The van der Waals surface area contributed by atoms with Crippen LogP contribution < -0.4 is 0 Å². The molecule has 7 heteroatoms. The molecule has 2 fully saturated rings. The summed E-state index contributed by atoms with van der Waals surface area (Å²) in [5.74, 6) is 1.06. The second-order valence-electron chi connectivity index (χ2n) is 7.38. The topological polar surface area (TPSA) is 77.7 Å². The lowest BCUT2D eigenvalue weighted by Gasteiger charge is -2.24. The van der Waals surface area contributed by atoms with Gasteiger partial charge in [0, 0.05) is 19.0 Å². The van der Waals surface area contributed by atoms with Gasteiger partial charge < -0.3 is 14.0 Å². The minimum Gasteiger partial charge on any atom is -0.462 e. The maximum atomic E-state index is 12.4. The third-order valence-corrected chi connectivity index (χ3v) is 5.20. The fourth-order valence-corrected chi connectivity index (χ4v) is 3.74. The summed E-state index contributed by atoms with van der Waals surface area (Å²) in [4.78, 5) is 19.2. The lowest BCUT2D eigenvalue weighted by molar-refractivity contribution is -0.151. The number of carbonyl (C=O) groups is 1. The van der Waals surface area contributed by atoms with Crippen LogP contribution in [0.1, 0.15) is 75.9 Å². The van der Waals surface area contributed by atoms with E-state index in [4.69, 9.17) is 14.0 Å². The highest BCUT2D eigenvalue weighted by molar-refractivity contribution is 5.70. The van der Waals surface area contributed by atoms with Crippen LogP contribution in [0.3, 0.4) is 0 Å². The Labute approximate surface area is 155 Å². The first-order chi connectivity index (χ1) is 12.7. The standard InChI is InChI=1S/C19H31N3O4/c1-2-6-15(13-18(23)25-16-7-4-3-5-8-16)19-20-17(21-26-19)14-22-9-11-24-12-10-22/h15-16H,2-14H2,1H3/t15-/m1/s1. The maximum Gasteiger partial charge on any atom is 0.306 e. The summed E-state index contributed by atoms with van der Waals surface area (Å²) in [7, 11) is 0. The zero-order valence-corrected chi connectivity index (χ0v) is 15.8. The van der Waals surface area contributed by atoms with Crippen LogP contribution in [0, 0.1) is 0 Å². The normalized spacial score (nSPS) is 20.8. The van der Waals surface area contributed by atoms with E-state index in [-0.39, 0.29) is 18.0 Å². The van der Waals surface area contributed by atoms with E-state index in [0.717, 1.165) is 64.8 Å². The van der Waals surface area contributed by atoms with Gasteiger partial charge in [-0.25, -0.2) is 0 Å². The average Bonchev–Trinajstić information content (AvgIpc) is 3.11. The molecule has 0 N–H and O–H groups in total. The predicted octanol–water partition coefficient (Wildman–Crippen LogP) is 3.05. The van der Waals surface area contributed by atoms with Crippen molar-refractivity contribution >= 4 is 5.97 Å². The number of nitrogens with zero attached hydrogens (tertiary/aromatic N) is 3. The number of hydrogen-bond acceptors (Lipinski definition) is 7. The Morgan fingerprint density at radius 3 is 2.77 bits per heavy atom. The Kier molecular flexibility index (Phi) is 7.43. The molecule has 146 valence electrons. The molecule has 2 heterocycles. The van der Waals surface area contributed by atoms with Crippen molar-refractivity contribution in [2.75, 3.05) is 26.3 Å². The molecule has 2 aliphatic rings. The van der Waals surface area contributed by atoms with E-state index in [1.165, 1.54) is 6.42 Å². The summed E-state index contributed by atoms with van der Waals surface area (Å²) >= 11 is 0. The zero-order chi connectivity index (χ0) is 18.2. The highest BCUT2D eigenvalue weighted by Crippen LogP contribution is 2.26. The zero-order valence-electron chi connectivity index (χ0n) is 15.8. The molecule has 0 aromatic carbocycles. The summed E-state index contributed by atoms with van der Waals surface area (Å²) in [6.45, 7) is 6.03. The molecular weight excluding hydrogens is 334 g/mol. The van der Waals surface area contributed by atoms with Gasteiger partial charge in [0.05, 0.1) is 26.2 Å². The highest BCUT2D eigenvalue weighted by atomic mass is 16.5. The molecule has 0 unspecified atom stereocenters. The molecular formula is C19H31N3O4. The van der Waals surface area contributed by atoms with Crippen LogP contribution in [-0.4, -0.2) is 53.4 Å². The minimum atomic E-state index is -0.136. The number of morpholine rings is 1. The number of ether oxygens (including phenoxy) is 2. The maximum absolute atomic E-state index is 12.4. The molecule has 0 bridgehead atoms. The Bertz CT molecular complexity index is 551. The molecule has 0 radical (unpaired) electrons. The summed E-state index contributed by atoms with van der Waals surface area (Å²) in [6, 6.07) is 0. The van der Waals surface area contributed by atoms with E-state index >= 15 is 0 Å². The smallest absolute Gasteiger partial charge is 0.306 e. The van der Waals surface area contributed by atoms with Gasteiger partial charge in [0.2, 0.25) is 5.89 Å². The molecule has 1 aromatic heterocycles. The fraction of sp³-hybridized carbons (Fsp3) is 0.842. The second-order valence-corrected chi connectivity index (χ2v) is 7.38. The lowest BCUT2D eigenvalue weighted by Crippen LogP contribution is -2.35. The Balaban J connectivity index is 1.53. The SMILES string of the molecule is CCC[C@H](CC(=O)OC1CCCCC1)c1nc(CN2CCOCC2)no1. The highest BCUT2D eigenvalue weighted by Gasteiger charge is 2.25. The molecule has 1 aromatic rings. The van der Waals surface area contributed by atoms with E-state index in [0.29, 0.717) is 24.7 Å². The van der Waals surface area contributed by atoms with E-state index in [2.05, 4.69) is 22.0 Å². The minimum absolute atomic E-state index is 0.0537.